The van der Waals surface area contributed by atoms with E-state index < -0.39 is 5.91 Å². The van der Waals surface area contributed by atoms with E-state index in [0.29, 0.717) is 43.0 Å². The lowest BCUT2D eigenvalue weighted by molar-refractivity contribution is -0.117. The molecule has 1 aromatic carbocycles. The Morgan fingerprint density at radius 2 is 2.11 bits per heavy atom. The zero-order valence-corrected chi connectivity index (χ0v) is 16.8. The number of fused-ring (bicyclic) bond motifs is 1. The van der Waals surface area contributed by atoms with Gasteiger partial charge in [-0.3, -0.25) is 14.4 Å². The van der Waals surface area contributed by atoms with Gasteiger partial charge in [0, 0.05) is 12.2 Å². The Labute approximate surface area is 168 Å². The molecule has 28 heavy (non-hydrogen) atoms. The van der Waals surface area contributed by atoms with Crippen LogP contribution in [0.1, 0.15) is 21.7 Å². The van der Waals surface area contributed by atoms with Crippen molar-refractivity contribution in [1.82, 2.24) is 9.97 Å². The summed E-state index contributed by atoms with van der Waals surface area (Å²) < 4.78 is 5.25. The van der Waals surface area contributed by atoms with Gasteiger partial charge >= 0.3 is 0 Å². The number of nitrogens with zero attached hydrogens (tertiary/aromatic N) is 1. The molecule has 0 spiro atoms. The minimum atomic E-state index is -0.418. The molecule has 0 atom stereocenters. The number of anilines is 1. The molecule has 2 heterocycles. The molecule has 2 amide bonds. The number of hydrogen-bond donors (Lipinski definition) is 3. The van der Waals surface area contributed by atoms with E-state index in [2.05, 4.69) is 15.3 Å². The lowest BCUT2D eigenvalue weighted by atomic mass is 10.2. The van der Waals surface area contributed by atoms with Crippen molar-refractivity contribution < 1.29 is 14.3 Å². The van der Waals surface area contributed by atoms with Crippen LogP contribution in [-0.4, -0.2) is 34.6 Å². The van der Waals surface area contributed by atoms with Crippen LogP contribution in [0.5, 0.6) is 5.75 Å². The number of para-hydroxylation sites is 2. The number of aromatic nitrogens is 2. The predicted molar refractivity (Wildman–Crippen MR) is 110 cm³/mol. The van der Waals surface area contributed by atoms with Crippen molar-refractivity contribution in [2.24, 2.45) is 5.73 Å². The minimum Gasteiger partial charge on any atom is -0.495 e. The fourth-order valence-electron chi connectivity index (χ4n) is 2.58. The number of aryl methyl sites for hydroxylation is 1. The van der Waals surface area contributed by atoms with Gasteiger partial charge in [0.05, 0.1) is 23.1 Å². The van der Waals surface area contributed by atoms with Crippen LogP contribution >= 0.6 is 23.1 Å². The smallest absolute Gasteiger partial charge is 0.266 e. The molecule has 10 heteroatoms. The fourth-order valence-corrected chi connectivity index (χ4v) is 4.54. The number of nitrogens with two attached hydrogens (primary N) is 1. The van der Waals surface area contributed by atoms with Crippen molar-refractivity contribution in [3.63, 3.8) is 0 Å². The van der Waals surface area contributed by atoms with E-state index in [1.807, 2.05) is 0 Å². The van der Waals surface area contributed by atoms with E-state index in [-0.39, 0.29) is 17.9 Å². The third-order valence-electron chi connectivity index (χ3n) is 3.93. The number of rotatable bonds is 7. The number of carbonyl (C=O) groups excluding carboxylic acids is 2. The molecule has 0 unspecified atom stereocenters. The zero-order valence-electron chi connectivity index (χ0n) is 15.2. The van der Waals surface area contributed by atoms with Crippen molar-refractivity contribution >= 4 is 50.8 Å². The Hall–Kier alpha value is -2.85. The molecular formula is C18H18N4O4S2. The summed E-state index contributed by atoms with van der Waals surface area (Å²) in [7, 11) is 1.52. The molecule has 3 aromatic rings. The Morgan fingerprint density at radius 3 is 2.82 bits per heavy atom. The van der Waals surface area contributed by atoms with Crippen LogP contribution in [0.3, 0.4) is 0 Å². The molecule has 0 saturated heterocycles. The summed E-state index contributed by atoms with van der Waals surface area (Å²) in [5, 5.41) is 3.58. The van der Waals surface area contributed by atoms with Crippen molar-refractivity contribution in [2.75, 3.05) is 18.2 Å². The van der Waals surface area contributed by atoms with E-state index in [1.165, 1.54) is 18.9 Å². The van der Waals surface area contributed by atoms with Gasteiger partial charge in [0.1, 0.15) is 10.6 Å². The average Bonchev–Trinajstić information content (AvgIpc) is 2.99. The van der Waals surface area contributed by atoms with Gasteiger partial charge in [-0.2, -0.15) is 0 Å². The summed E-state index contributed by atoms with van der Waals surface area (Å²) >= 11 is 2.37. The topological polar surface area (TPSA) is 127 Å². The number of hydrogen-bond acceptors (Lipinski definition) is 7. The van der Waals surface area contributed by atoms with Gasteiger partial charge in [-0.15, -0.1) is 11.3 Å². The van der Waals surface area contributed by atoms with Crippen LogP contribution in [0.25, 0.3) is 10.2 Å². The summed E-state index contributed by atoms with van der Waals surface area (Å²) in [5.74, 6) is 0.194. The first-order chi connectivity index (χ1) is 13.4. The number of aromatic amines is 1. The summed E-state index contributed by atoms with van der Waals surface area (Å²) in [6.07, 6.45) is 0.183. The molecule has 0 saturated carbocycles. The lowest BCUT2D eigenvalue weighted by Crippen LogP contribution is -2.13. The van der Waals surface area contributed by atoms with Crippen LogP contribution in [0.15, 0.2) is 34.2 Å². The first-order valence-electron chi connectivity index (χ1n) is 8.29. The zero-order chi connectivity index (χ0) is 20.3. The van der Waals surface area contributed by atoms with Crippen LogP contribution in [0, 0.1) is 6.92 Å². The number of primary amides is 1. The Kier molecular flexibility index (Phi) is 6.00. The van der Waals surface area contributed by atoms with Crippen molar-refractivity contribution in [2.45, 2.75) is 18.5 Å². The summed E-state index contributed by atoms with van der Waals surface area (Å²) in [4.78, 5) is 44.0. The quantitative estimate of drug-likeness (QED) is 0.400. The van der Waals surface area contributed by atoms with Crippen molar-refractivity contribution in [3.05, 3.63) is 45.1 Å². The average molecular weight is 419 g/mol. The molecule has 4 N–H and O–H groups in total. The van der Waals surface area contributed by atoms with Gasteiger partial charge in [0.2, 0.25) is 5.91 Å². The van der Waals surface area contributed by atoms with Crippen molar-refractivity contribution in [1.29, 1.82) is 0 Å². The number of thiophene rings is 1. The minimum absolute atomic E-state index is 0.183. The molecule has 146 valence electrons. The van der Waals surface area contributed by atoms with Crippen LogP contribution in [-0.2, 0) is 4.79 Å². The van der Waals surface area contributed by atoms with E-state index in [9.17, 15) is 14.4 Å². The number of carbonyl (C=O) groups is 2. The normalized spacial score (nSPS) is 10.8. The summed E-state index contributed by atoms with van der Waals surface area (Å²) in [6, 6.07) is 7.07. The van der Waals surface area contributed by atoms with Gasteiger partial charge in [-0.1, -0.05) is 23.9 Å². The van der Waals surface area contributed by atoms with E-state index in [4.69, 9.17) is 10.5 Å². The highest BCUT2D eigenvalue weighted by molar-refractivity contribution is 7.99. The number of methoxy groups -OCH3 is 1. The highest BCUT2D eigenvalue weighted by atomic mass is 32.2. The Morgan fingerprint density at radius 1 is 1.36 bits per heavy atom. The number of nitrogens with one attached hydrogen (secondary N) is 2. The Balaban J connectivity index is 1.90. The lowest BCUT2D eigenvalue weighted by Gasteiger charge is -2.09. The number of thioether (sulfide) groups is 1. The third-order valence-corrected chi connectivity index (χ3v) is 5.99. The van der Waals surface area contributed by atoms with Crippen LogP contribution in [0.4, 0.5) is 5.69 Å². The second-order valence-corrected chi connectivity index (χ2v) is 7.91. The summed E-state index contributed by atoms with van der Waals surface area (Å²) in [5.41, 5.74) is 5.90. The standard InChI is InChI=1S/C18H18N4O4S2/c1-9-13-15(24)21-18(27-8-7-12(19)23)22-17(13)28-14(9)16(25)20-10-5-3-4-6-11(10)26-2/h3-6H,7-8H2,1-2H3,(H2,19,23)(H,20,25)(H,21,22,24). The van der Waals surface area contributed by atoms with Gasteiger partial charge in [-0.25, -0.2) is 4.98 Å². The maximum absolute atomic E-state index is 12.8. The Bertz CT molecular complexity index is 1110. The molecule has 0 aliphatic heterocycles. The molecule has 0 aliphatic carbocycles. The molecule has 0 radical (unpaired) electrons. The largest absolute Gasteiger partial charge is 0.495 e. The second-order valence-electron chi connectivity index (χ2n) is 5.83. The van der Waals surface area contributed by atoms with Gasteiger partial charge in [0.15, 0.2) is 5.16 Å². The van der Waals surface area contributed by atoms with Gasteiger partial charge in [0.25, 0.3) is 11.5 Å². The number of amides is 2. The van der Waals surface area contributed by atoms with Crippen LogP contribution < -0.4 is 21.3 Å². The van der Waals surface area contributed by atoms with Gasteiger partial charge in [-0.05, 0) is 24.6 Å². The van der Waals surface area contributed by atoms with E-state index in [0.717, 1.165) is 11.3 Å². The molecular weight excluding hydrogens is 400 g/mol. The highest BCUT2D eigenvalue weighted by Crippen LogP contribution is 2.30. The van der Waals surface area contributed by atoms with E-state index >= 15 is 0 Å². The number of benzene rings is 1. The third kappa shape index (κ3) is 4.18. The monoisotopic (exact) mass is 418 g/mol. The summed E-state index contributed by atoms with van der Waals surface area (Å²) in [6.45, 7) is 1.72. The predicted octanol–water partition coefficient (Wildman–Crippen LogP) is 2.52. The molecule has 0 aliphatic rings. The second kappa shape index (κ2) is 8.44. The fraction of sp³-hybridized carbons (Fsp3) is 0.222. The van der Waals surface area contributed by atoms with E-state index in [1.54, 1.807) is 31.2 Å². The maximum atomic E-state index is 12.8. The maximum Gasteiger partial charge on any atom is 0.266 e. The number of H-pyrrole nitrogens is 1. The SMILES string of the molecule is COc1ccccc1NC(=O)c1sc2nc(SCCC(N)=O)[nH]c(=O)c2c1C. The number of ether oxygens (including phenoxy) is 1. The van der Waals surface area contributed by atoms with Gasteiger partial charge < -0.3 is 20.8 Å². The van der Waals surface area contributed by atoms with Crippen LogP contribution in [0.2, 0.25) is 0 Å². The highest BCUT2D eigenvalue weighted by Gasteiger charge is 2.20. The molecule has 8 nitrogen and oxygen atoms in total. The van der Waals surface area contributed by atoms with Crippen molar-refractivity contribution in [3.8, 4) is 5.75 Å². The molecule has 0 fully saturated rings. The molecule has 2 aromatic heterocycles. The molecule has 0 bridgehead atoms. The first-order valence-corrected chi connectivity index (χ1v) is 10.1. The first kappa shape index (κ1) is 19.9. The molecule has 3 rings (SSSR count).